The summed E-state index contributed by atoms with van der Waals surface area (Å²) in [7, 11) is 0. The van der Waals surface area contributed by atoms with Crippen LogP contribution >= 0.6 is 0 Å². The molecule has 2 heterocycles. The molecular weight excluding hydrogens is 171 g/mol. The molecule has 1 aromatic heterocycles. The molecule has 1 unspecified atom stereocenters. The van der Waals surface area contributed by atoms with Gasteiger partial charge in [0.2, 0.25) is 0 Å². The van der Waals surface area contributed by atoms with Crippen molar-refractivity contribution in [2.24, 2.45) is 0 Å². The van der Waals surface area contributed by atoms with Crippen molar-refractivity contribution in [3.05, 3.63) is 29.8 Å². The highest BCUT2D eigenvalue weighted by Gasteiger charge is 2.19. The quantitative estimate of drug-likeness (QED) is 0.700. The summed E-state index contributed by atoms with van der Waals surface area (Å²) in [6.07, 6.45) is 1.34. The van der Waals surface area contributed by atoms with Gasteiger partial charge >= 0.3 is 0 Å². The first-order chi connectivity index (χ1) is 6.38. The van der Waals surface area contributed by atoms with E-state index in [0.717, 1.165) is 6.54 Å². The number of morpholine rings is 1. The first-order valence-electron chi connectivity index (χ1n) is 4.30. The maximum Gasteiger partial charge on any atom is 0.147 e. The van der Waals surface area contributed by atoms with E-state index in [1.807, 2.05) is 0 Å². The molecule has 1 aliphatic heterocycles. The first kappa shape index (κ1) is 8.59. The van der Waals surface area contributed by atoms with E-state index in [9.17, 15) is 4.39 Å². The van der Waals surface area contributed by atoms with Gasteiger partial charge in [0, 0.05) is 19.3 Å². The van der Waals surface area contributed by atoms with Crippen LogP contribution in [0.25, 0.3) is 0 Å². The van der Waals surface area contributed by atoms with Crippen LogP contribution in [0.2, 0.25) is 0 Å². The standard InChI is InChI=1S/C9H11FN2O/c10-7-2-1-3-12-9(7)8-6-11-4-5-13-8/h1-3,8,11H,4-6H2. The van der Waals surface area contributed by atoms with Crippen LogP contribution in [0.3, 0.4) is 0 Å². The van der Waals surface area contributed by atoms with Crippen LogP contribution in [0.1, 0.15) is 11.8 Å². The summed E-state index contributed by atoms with van der Waals surface area (Å²) in [4.78, 5) is 3.96. The number of rotatable bonds is 1. The number of nitrogens with one attached hydrogen (secondary N) is 1. The van der Waals surface area contributed by atoms with Gasteiger partial charge in [-0.05, 0) is 12.1 Å². The third-order valence-corrected chi connectivity index (χ3v) is 2.02. The van der Waals surface area contributed by atoms with Gasteiger partial charge in [-0.2, -0.15) is 0 Å². The topological polar surface area (TPSA) is 34.2 Å². The minimum atomic E-state index is -0.295. The van der Waals surface area contributed by atoms with Gasteiger partial charge in [-0.25, -0.2) is 4.39 Å². The van der Waals surface area contributed by atoms with Crippen LogP contribution in [0.15, 0.2) is 18.3 Å². The van der Waals surface area contributed by atoms with Gasteiger partial charge in [0.1, 0.15) is 17.6 Å². The van der Waals surface area contributed by atoms with Crippen molar-refractivity contribution < 1.29 is 9.13 Å². The molecule has 0 aliphatic carbocycles. The molecule has 0 spiro atoms. The Morgan fingerprint density at radius 1 is 1.62 bits per heavy atom. The van der Waals surface area contributed by atoms with E-state index in [2.05, 4.69) is 10.3 Å². The highest BCUT2D eigenvalue weighted by atomic mass is 19.1. The van der Waals surface area contributed by atoms with E-state index in [1.165, 1.54) is 6.07 Å². The van der Waals surface area contributed by atoms with Crippen molar-refractivity contribution in [1.29, 1.82) is 0 Å². The maximum atomic E-state index is 13.2. The Labute approximate surface area is 75.9 Å². The zero-order valence-electron chi connectivity index (χ0n) is 7.16. The predicted octanol–water partition coefficient (Wildman–Crippen LogP) is 0.882. The smallest absolute Gasteiger partial charge is 0.147 e. The summed E-state index contributed by atoms with van der Waals surface area (Å²) in [5.41, 5.74) is 0.398. The Hall–Kier alpha value is -1.00. The van der Waals surface area contributed by atoms with Gasteiger partial charge in [0.05, 0.1) is 6.61 Å². The monoisotopic (exact) mass is 182 g/mol. The molecule has 0 amide bonds. The Bertz CT molecular complexity index is 287. The Balaban J connectivity index is 2.18. The van der Waals surface area contributed by atoms with E-state index < -0.39 is 0 Å². The molecule has 0 bridgehead atoms. The number of nitrogens with zero attached hydrogens (tertiary/aromatic N) is 1. The number of hydrogen-bond acceptors (Lipinski definition) is 3. The molecule has 1 N–H and O–H groups in total. The predicted molar refractivity (Wildman–Crippen MR) is 45.8 cm³/mol. The van der Waals surface area contributed by atoms with Crippen molar-refractivity contribution in [1.82, 2.24) is 10.3 Å². The lowest BCUT2D eigenvalue weighted by molar-refractivity contribution is 0.0227. The number of hydrogen-bond donors (Lipinski definition) is 1. The maximum absolute atomic E-state index is 13.2. The fourth-order valence-corrected chi connectivity index (χ4v) is 1.38. The molecule has 1 aromatic rings. The normalized spacial score (nSPS) is 23.0. The number of halogens is 1. The molecule has 2 rings (SSSR count). The Morgan fingerprint density at radius 3 is 3.23 bits per heavy atom. The minimum absolute atomic E-state index is 0.241. The average molecular weight is 182 g/mol. The van der Waals surface area contributed by atoms with Crippen LogP contribution in [-0.4, -0.2) is 24.7 Å². The number of pyridine rings is 1. The summed E-state index contributed by atoms with van der Waals surface area (Å²) in [5, 5.41) is 3.13. The summed E-state index contributed by atoms with van der Waals surface area (Å²) in [6, 6.07) is 2.98. The molecule has 13 heavy (non-hydrogen) atoms. The van der Waals surface area contributed by atoms with Crippen molar-refractivity contribution in [2.45, 2.75) is 6.10 Å². The van der Waals surface area contributed by atoms with Crippen molar-refractivity contribution in [3.63, 3.8) is 0 Å². The lowest BCUT2D eigenvalue weighted by atomic mass is 10.2. The number of aromatic nitrogens is 1. The summed E-state index contributed by atoms with van der Waals surface area (Å²) in [6.45, 7) is 2.07. The average Bonchev–Trinajstić information content (AvgIpc) is 2.20. The Morgan fingerprint density at radius 2 is 2.54 bits per heavy atom. The Kier molecular flexibility index (Phi) is 2.52. The lowest BCUT2D eigenvalue weighted by Gasteiger charge is -2.23. The van der Waals surface area contributed by atoms with Gasteiger partial charge in [0.15, 0.2) is 0 Å². The van der Waals surface area contributed by atoms with E-state index in [4.69, 9.17) is 4.74 Å². The van der Waals surface area contributed by atoms with E-state index in [1.54, 1.807) is 12.3 Å². The van der Waals surface area contributed by atoms with Crippen LogP contribution < -0.4 is 5.32 Å². The van der Waals surface area contributed by atoms with Crippen LogP contribution in [0.4, 0.5) is 4.39 Å². The van der Waals surface area contributed by atoms with Crippen molar-refractivity contribution in [2.75, 3.05) is 19.7 Å². The SMILES string of the molecule is Fc1cccnc1C1CNCCO1. The molecule has 0 saturated carbocycles. The summed E-state index contributed by atoms with van der Waals surface area (Å²) in [5.74, 6) is -0.295. The van der Waals surface area contributed by atoms with E-state index in [-0.39, 0.29) is 11.9 Å². The van der Waals surface area contributed by atoms with E-state index >= 15 is 0 Å². The zero-order valence-corrected chi connectivity index (χ0v) is 7.16. The second-order valence-electron chi connectivity index (χ2n) is 2.93. The van der Waals surface area contributed by atoms with Crippen molar-refractivity contribution in [3.8, 4) is 0 Å². The van der Waals surface area contributed by atoms with Gasteiger partial charge in [0.25, 0.3) is 0 Å². The molecular formula is C9H11FN2O. The second kappa shape index (κ2) is 3.81. The number of ether oxygens (including phenoxy) is 1. The van der Waals surface area contributed by atoms with Gasteiger partial charge in [-0.3, -0.25) is 4.98 Å². The van der Waals surface area contributed by atoms with Gasteiger partial charge in [-0.1, -0.05) is 0 Å². The third kappa shape index (κ3) is 1.84. The van der Waals surface area contributed by atoms with Crippen LogP contribution in [0.5, 0.6) is 0 Å². The molecule has 3 nitrogen and oxygen atoms in total. The lowest BCUT2D eigenvalue weighted by Crippen LogP contribution is -2.34. The van der Waals surface area contributed by atoms with Crippen LogP contribution in [0, 0.1) is 5.82 Å². The fraction of sp³-hybridized carbons (Fsp3) is 0.444. The molecule has 0 radical (unpaired) electrons. The second-order valence-corrected chi connectivity index (χ2v) is 2.93. The minimum Gasteiger partial charge on any atom is -0.369 e. The highest BCUT2D eigenvalue weighted by Crippen LogP contribution is 2.18. The third-order valence-electron chi connectivity index (χ3n) is 2.02. The molecule has 1 fully saturated rings. The molecule has 70 valence electrons. The first-order valence-corrected chi connectivity index (χ1v) is 4.30. The molecule has 4 heteroatoms. The summed E-state index contributed by atoms with van der Waals surface area (Å²) < 4.78 is 18.6. The van der Waals surface area contributed by atoms with Gasteiger partial charge in [-0.15, -0.1) is 0 Å². The molecule has 0 aromatic carbocycles. The van der Waals surface area contributed by atoms with Gasteiger partial charge < -0.3 is 10.1 Å². The molecule has 1 atom stereocenters. The molecule has 1 aliphatic rings. The largest absolute Gasteiger partial charge is 0.369 e. The summed E-state index contributed by atoms with van der Waals surface area (Å²) >= 11 is 0. The van der Waals surface area contributed by atoms with Crippen molar-refractivity contribution >= 4 is 0 Å². The fourth-order valence-electron chi connectivity index (χ4n) is 1.38. The zero-order chi connectivity index (χ0) is 9.10. The van der Waals surface area contributed by atoms with Crippen LogP contribution in [-0.2, 0) is 4.74 Å². The van der Waals surface area contributed by atoms with E-state index in [0.29, 0.717) is 18.8 Å². The molecule has 1 saturated heterocycles. The highest BCUT2D eigenvalue weighted by molar-refractivity contribution is 5.10.